The Balaban J connectivity index is 3.07. The second-order valence-electron chi connectivity index (χ2n) is 4.87. The molecule has 2 unspecified atom stereocenters. The van der Waals surface area contributed by atoms with E-state index in [0.717, 1.165) is 0 Å². The van der Waals surface area contributed by atoms with Crippen molar-refractivity contribution in [1.82, 2.24) is 5.32 Å². The highest BCUT2D eigenvalue weighted by atomic mass is 16.6. The zero-order valence-corrected chi connectivity index (χ0v) is 13.2. The lowest BCUT2D eigenvalue weighted by molar-refractivity contribution is -0.152. The molecule has 2 atom stereocenters. The number of anilines is 1. The maximum atomic E-state index is 11.4. The van der Waals surface area contributed by atoms with Gasteiger partial charge in [0.15, 0.2) is 6.10 Å². The number of ether oxygens (including phenoxy) is 2. The number of esters is 2. The Morgan fingerprint density at radius 2 is 1.70 bits per heavy atom. The van der Waals surface area contributed by atoms with Crippen LogP contribution in [0.15, 0.2) is 24.3 Å². The van der Waals surface area contributed by atoms with Crippen LogP contribution in [0.2, 0.25) is 0 Å². The Kier molecular flexibility index (Phi) is 7.01. The van der Waals surface area contributed by atoms with Gasteiger partial charge in [0.1, 0.15) is 12.6 Å². The van der Waals surface area contributed by atoms with Gasteiger partial charge in [-0.25, -0.2) is 0 Å². The lowest BCUT2D eigenvalue weighted by Crippen LogP contribution is -2.43. The Hall–Kier alpha value is -2.61. The molecule has 0 spiro atoms. The van der Waals surface area contributed by atoms with E-state index in [9.17, 15) is 14.4 Å². The molecule has 0 bridgehead atoms. The number of nitrogens with one attached hydrogen (secondary N) is 2. The van der Waals surface area contributed by atoms with Crippen molar-refractivity contribution in [3.63, 3.8) is 0 Å². The lowest BCUT2D eigenvalue weighted by Gasteiger charge is -2.27. The van der Waals surface area contributed by atoms with Crippen molar-refractivity contribution in [3.8, 4) is 0 Å². The summed E-state index contributed by atoms with van der Waals surface area (Å²) in [5, 5.41) is 11.4. The van der Waals surface area contributed by atoms with Crippen LogP contribution in [0.5, 0.6) is 0 Å². The van der Waals surface area contributed by atoms with Crippen LogP contribution in [0.1, 0.15) is 32.4 Å². The molecule has 0 radical (unpaired) electrons. The van der Waals surface area contributed by atoms with E-state index in [1.54, 1.807) is 24.3 Å². The fourth-order valence-corrected chi connectivity index (χ4v) is 1.98. The summed E-state index contributed by atoms with van der Waals surface area (Å²) >= 11 is 0. The molecule has 0 aromatic heterocycles. The smallest absolute Gasteiger partial charge is 0.303 e. The average Bonchev–Trinajstić information content (AvgIpc) is 2.48. The summed E-state index contributed by atoms with van der Waals surface area (Å²) in [6.45, 7) is 3.65. The largest absolute Gasteiger partial charge is 0.464 e. The van der Waals surface area contributed by atoms with Crippen molar-refractivity contribution in [1.29, 1.82) is 0 Å². The minimum absolute atomic E-state index is 0.146. The van der Waals surface area contributed by atoms with Crippen LogP contribution in [0, 0.1) is 0 Å². The zero-order valence-electron chi connectivity index (χ0n) is 13.2. The van der Waals surface area contributed by atoms with Crippen LogP contribution in [0.3, 0.4) is 0 Å². The number of benzene rings is 1. The molecule has 3 N–H and O–H groups in total. The van der Waals surface area contributed by atoms with E-state index in [1.807, 2.05) is 5.48 Å². The first-order chi connectivity index (χ1) is 10.8. The third-order valence-electron chi connectivity index (χ3n) is 2.88. The van der Waals surface area contributed by atoms with Crippen molar-refractivity contribution in [2.24, 2.45) is 0 Å². The number of rotatable bonds is 7. The molecule has 1 aromatic carbocycles. The van der Waals surface area contributed by atoms with E-state index < -0.39 is 24.1 Å². The summed E-state index contributed by atoms with van der Waals surface area (Å²) in [6, 6.07) is 5.64. The molecule has 126 valence electrons. The summed E-state index contributed by atoms with van der Waals surface area (Å²) in [4.78, 5) is 33.8. The Morgan fingerprint density at radius 1 is 1.09 bits per heavy atom. The molecule has 8 heteroatoms. The van der Waals surface area contributed by atoms with Gasteiger partial charge in [-0.1, -0.05) is 12.1 Å². The molecule has 0 fully saturated rings. The second kappa shape index (κ2) is 8.74. The van der Waals surface area contributed by atoms with Crippen molar-refractivity contribution in [3.05, 3.63) is 29.8 Å². The van der Waals surface area contributed by atoms with Gasteiger partial charge < -0.3 is 14.8 Å². The Bertz CT molecular complexity index is 558. The normalized spacial score (nSPS) is 12.7. The molecule has 1 rings (SSSR count). The first-order valence-electron chi connectivity index (χ1n) is 6.91. The van der Waals surface area contributed by atoms with Gasteiger partial charge in [0.25, 0.3) is 0 Å². The fourth-order valence-electron chi connectivity index (χ4n) is 1.98. The van der Waals surface area contributed by atoms with Crippen molar-refractivity contribution < 1.29 is 29.1 Å². The van der Waals surface area contributed by atoms with Crippen LogP contribution in [-0.4, -0.2) is 35.7 Å². The summed E-state index contributed by atoms with van der Waals surface area (Å²) < 4.78 is 10.2. The molecule has 1 aromatic rings. The van der Waals surface area contributed by atoms with E-state index >= 15 is 0 Å². The molecule has 0 heterocycles. The van der Waals surface area contributed by atoms with Crippen LogP contribution >= 0.6 is 0 Å². The third kappa shape index (κ3) is 6.35. The summed E-state index contributed by atoms with van der Waals surface area (Å²) in [5.41, 5.74) is 3.01. The number of hydrogen-bond acceptors (Lipinski definition) is 7. The Morgan fingerprint density at radius 3 is 2.13 bits per heavy atom. The maximum Gasteiger partial charge on any atom is 0.303 e. The van der Waals surface area contributed by atoms with Crippen LogP contribution < -0.4 is 10.8 Å². The number of hydrogen-bond donors (Lipinski definition) is 3. The number of amides is 1. The van der Waals surface area contributed by atoms with Gasteiger partial charge in [-0.3, -0.25) is 25.1 Å². The van der Waals surface area contributed by atoms with Crippen molar-refractivity contribution in [2.45, 2.75) is 32.9 Å². The minimum Gasteiger partial charge on any atom is -0.464 e. The van der Waals surface area contributed by atoms with Crippen molar-refractivity contribution in [2.75, 3.05) is 12.1 Å². The monoisotopic (exact) mass is 324 g/mol. The predicted octanol–water partition coefficient (Wildman–Crippen LogP) is 1.16. The number of carbonyl (C=O) groups excluding carboxylic acids is 3. The molecule has 0 aliphatic heterocycles. The molecule has 0 aliphatic rings. The highest BCUT2D eigenvalue weighted by Gasteiger charge is 2.28. The van der Waals surface area contributed by atoms with Gasteiger partial charge in [0, 0.05) is 20.8 Å². The van der Waals surface area contributed by atoms with Gasteiger partial charge in [0.2, 0.25) is 5.91 Å². The lowest BCUT2D eigenvalue weighted by atomic mass is 10.0. The van der Waals surface area contributed by atoms with Gasteiger partial charge in [-0.2, -0.15) is 0 Å². The molecule has 0 aliphatic carbocycles. The quantitative estimate of drug-likeness (QED) is 0.509. The summed E-state index contributed by atoms with van der Waals surface area (Å²) in [6.07, 6.45) is -0.844. The van der Waals surface area contributed by atoms with Crippen LogP contribution in [-0.2, 0) is 23.9 Å². The second-order valence-corrected chi connectivity index (χ2v) is 4.87. The van der Waals surface area contributed by atoms with Gasteiger partial charge in [-0.05, 0) is 17.7 Å². The number of carbonyl (C=O) groups is 3. The fraction of sp³-hybridized carbons (Fsp3) is 0.400. The van der Waals surface area contributed by atoms with E-state index in [4.69, 9.17) is 14.7 Å². The minimum atomic E-state index is -0.844. The summed E-state index contributed by atoms with van der Waals surface area (Å²) in [7, 11) is 0. The molecule has 8 nitrogen and oxygen atoms in total. The topological polar surface area (TPSA) is 114 Å². The molecule has 23 heavy (non-hydrogen) atoms. The zero-order chi connectivity index (χ0) is 17.4. The van der Waals surface area contributed by atoms with E-state index in [0.29, 0.717) is 11.3 Å². The first kappa shape index (κ1) is 18.4. The SMILES string of the molecule is CC(=O)NC(COC(C)=O)C(OC(C)=O)c1ccc(NO)cc1. The standard InChI is InChI=1S/C15H20N2O6/c1-9(18)16-14(8-22-10(2)19)15(23-11(3)20)12-4-6-13(17-21)7-5-12/h4-7,14-15,17,21H,8H2,1-3H3,(H,16,18). The molecule has 0 saturated heterocycles. The highest BCUT2D eigenvalue weighted by molar-refractivity contribution is 5.73. The average molecular weight is 324 g/mol. The Labute approximate surface area is 133 Å². The van der Waals surface area contributed by atoms with Gasteiger partial charge >= 0.3 is 11.9 Å². The van der Waals surface area contributed by atoms with Gasteiger partial charge in [0.05, 0.1) is 5.69 Å². The van der Waals surface area contributed by atoms with E-state index in [2.05, 4.69) is 5.32 Å². The molecule has 0 saturated carbocycles. The van der Waals surface area contributed by atoms with Gasteiger partial charge in [-0.15, -0.1) is 0 Å². The molecular weight excluding hydrogens is 304 g/mol. The molecule has 1 amide bonds. The predicted molar refractivity (Wildman–Crippen MR) is 80.6 cm³/mol. The first-order valence-corrected chi connectivity index (χ1v) is 6.91. The van der Waals surface area contributed by atoms with Crippen molar-refractivity contribution >= 4 is 23.5 Å². The van der Waals surface area contributed by atoms with E-state index in [-0.39, 0.29) is 12.5 Å². The van der Waals surface area contributed by atoms with Crippen LogP contribution in [0.4, 0.5) is 5.69 Å². The maximum absolute atomic E-state index is 11.4. The molecular formula is C15H20N2O6. The van der Waals surface area contributed by atoms with Crippen LogP contribution in [0.25, 0.3) is 0 Å². The van der Waals surface area contributed by atoms with E-state index in [1.165, 1.54) is 20.8 Å². The third-order valence-corrected chi connectivity index (χ3v) is 2.88. The summed E-state index contributed by atoms with van der Waals surface area (Å²) in [5.74, 6) is -1.41. The highest BCUT2D eigenvalue weighted by Crippen LogP contribution is 2.24.